The van der Waals surface area contributed by atoms with E-state index in [9.17, 15) is 0 Å². The molecule has 11 aromatic carbocycles. The van der Waals surface area contributed by atoms with Gasteiger partial charge in [0.15, 0.2) is 0 Å². The van der Waals surface area contributed by atoms with Crippen LogP contribution in [0.25, 0.3) is 139 Å². The Morgan fingerprint density at radius 1 is 0.194 bits per heavy atom. The van der Waals surface area contributed by atoms with Crippen molar-refractivity contribution in [2.24, 2.45) is 0 Å². The van der Waals surface area contributed by atoms with E-state index in [1.54, 1.807) is 0 Å². The highest BCUT2D eigenvalue weighted by atomic mass is 32.1. The van der Waals surface area contributed by atoms with Gasteiger partial charge in [-0.2, -0.15) is 0 Å². The molecule has 0 atom stereocenters. The van der Waals surface area contributed by atoms with Gasteiger partial charge in [-0.1, -0.05) is 170 Å². The Kier molecular flexibility index (Phi) is 7.24. The molecule has 0 amide bonds. The van der Waals surface area contributed by atoms with Gasteiger partial charge in [0.1, 0.15) is 0 Å². The Morgan fingerprint density at radius 3 is 1.03 bits per heavy atom. The quantitative estimate of drug-likeness (QED) is 0.152. The summed E-state index contributed by atoms with van der Waals surface area (Å²) in [6, 6.07) is 77.8. The molecule has 14 rings (SSSR count). The van der Waals surface area contributed by atoms with Crippen molar-refractivity contribution < 1.29 is 0 Å². The minimum Gasteiger partial charge on any atom is -0.135 e. The van der Waals surface area contributed by atoms with Gasteiger partial charge in [0.2, 0.25) is 0 Å². The molecule has 0 radical (unpaired) electrons. The molecule has 0 saturated heterocycles. The van der Waals surface area contributed by atoms with E-state index in [4.69, 9.17) is 0 Å². The van der Waals surface area contributed by atoms with Crippen molar-refractivity contribution in [3.63, 3.8) is 0 Å². The molecule has 2 aromatic heterocycles. The zero-order valence-electron chi connectivity index (χ0n) is 33.4. The standard InChI is InChI=1S/C60H34S2/c1-5-17-43-39(13-1)40-14-2-6-18-44(40)54-34-56-52-32-36(38-22-12-24-50-48-20-8-10-26-58(48)62-60(38)50)27-29-45(52)41-15-3-4-16-42(41)51-31-35(28-30-46(51)55(56)33-53(43)54)37-21-11-23-49-47-19-7-9-25-57(47)61-59(37)49/h1-34H. The molecule has 13 aromatic rings. The molecule has 0 bridgehead atoms. The van der Waals surface area contributed by atoms with E-state index in [-0.39, 0.29) is 0 Å². The summed E-state index contributed by atoms with van der Waals surface area (Å²) in [5.41, 5.74) is 15.1. The summed E-state index contributed by atoms with van der Waals surface area (Å²) in [6.45, 7) is 0. The van der Waals surface area contributed by atoms with E-state index in [0.717, 1.165) is 0 Å². The highest BCUT2D eigenvalue weighted by Gasteiger charge is 2.25. The molecule has 0 saturated carbocycles. The number of fused-ring (bicyclic) bond motifs is 20. The maximum Gasteiger partial charge on any atom is 0.0433 e. The van der Waals surface area contributed by atoms with Crippen LogP contribution in [0.1, 0.15) is 0 Å². The van der Waals surface area contributed by atoms with Crippen LogP contribution in [-0.2, 0) is 0 Å². The Labute approximate surface area is 366 Å². The second kappa shape index (κ2) is 13.1. The maximum atomic E-state index is 2.52. The van der Waals surface area contributed by atoms with E-state index >= 15 is 0 Å². The molecule has 0 N–H and O–H groups in total. The Balaban J connectivity index is 1.10. The van der Waals surface area contributed by atoms with Crippen molar-refractivity contribution in [3.8, 4) is 66.8 Å². The van der Waals surface area contributed by atoms with Gasteiger partial charge in [-0.3, -0.25) is 0 Å². The van der Waals surface area contributed by atoms with E-state index in [2.05, 4.69) is 206 Å². The lowest BCUT2D eigenvalue weighted by Crippen LogP contribution is -1.99. The fourth-order valence-electron chi connectivity index (χ4n) is 10.6. The van der Waals surface area contributed by atoms with E-state index < -0.39 is 0 Å². The van der Waals surface area contributed by atoms with Crippen LogP contribution in [-0.4, -0.2) is 0 Å². The van der Waals surface area contributed by atoms with Gasteiger partial charge in [0.05, 0.1) is 0 Å². The first kappa shape index (κ1) is 34.4. The van der Waals surface area contributed by atoms with Gasteiger partial charge in [0.25, 0.3) is 0 Å². The van der Waals surface area contributed by atoms with Crippen LogP contribution in [0.5, 0.6) is 0 Å². The first-order valence-electron chi connectivity index (χ1n) is 21.3. The summed E-state index contributed by atoms with van der Waals surface area (Å²) < 4.78 is 5.32. The average molecular weight is 819 g/mol. The zero-order chi connectivity index (χ0) is 40.5. The molecule has 0 spiro atoms. The molecule has 1 aliphatic rings. The predicted molar refractivity (Wildman–Crippen MR) is 271 cm³/mol. The second-order valence-corrected chi connectivity index (χ2v) is 18.8. The van der Waals surface area contributed by atoms with Crippen molar-refractivity contribution in [1.29, 1.82) is 0 Å². The summed E-state index contributed by atoms with van der Waals surface area (Å²) >= 11 is 3.80. The predicted octanol–water partition coefficient (Wildman–Crippen LogP) is 18.2. The third-order valence-electron chi connectivity index (χ3n) is 13.4. The molecule has 0 unspecified atom stereocenters. The van der Waals surface area contributed by atoms with E-state index in [1.807, 2.05) is 22.7 Å². The second-order valence-electron chi connectivity index (χ2n) is 16.7. The SMILES string of the molecule is c1ccc2c(c1)-c1ccc(-c3cccc4c3sc3ccccc34)cc1-c1cc3c4ccccc4c4ccccc4c3cc1-c1ccc(-c3cccc4c3sc3ccccc34)cc1-2. The van der Waals surface area contributed by atoms with Crippen molar-refractivity contribution in [2.75, 3.05) is 0 Å². The molecular weight excluding hydrogens is 785 g/mol. The third kappa shape index (κ3) is 4.88. The van der Waals surface area contributed by atoms with Crippen LogP contribution in [0.15, 0.2) is 206 Å². The first-order valence-corrected chi connectivity index (χ1v) is 23.0. The van der Waals surface area contributed by atoms with Gasteiger partial charge >= 0.3 is 0 Å². The highest BCUT2D eigenvalue weighted by Crippen LogP contribution is 2.53. The Bertz CT molecular complexity index is 4050. The Morgan fingerprint density at radius 2 is 0.516 bits per heavy atom. The number of thiophene rings is 2. The summed E-state index contributed by atoms with van der Waals surface area (Å²) in [4.78, 5) is 0. The molecule has 2 heterocycles. The minimum atomic E-state index is 1.24. The highest BCUT2D eigenvalue weighted by molar-refractivity contribution is 7.26. The molecule has 62 heavy (non-hydrogen) atoms. The van der Waals surface area contributed by atoms with Gasteiger partial charge in [0, 0.05) is 40.3 Å². The van der Waals surface area contributed by atoms with Crippen LogP contribution in [0.2, 0.25) is 0 Å². The van der Waals surface area contributed by atoms with Gasteiger partial charge in [-0.25, -0.2) is 0 Å². The number of rotatable bonds is 2. The summed E-state index contributed by atoms with van der Waals surface area (Å²) in [5.74, 6) is 0. The zero-order valence-corrected chi connectivity index (χ0v) is 35.1. The smallest absolute Gasteiger partial charge is 0.0433 e. The summed E-state index contributed by atoms with van der Waals surface area (Å²) in [5, 5.41) is 13.0. The van der Waals surface area contributed by atoms with Crippen LogP contribution < -0.4 is 0 Å². The average Bonchev–Trinajstić information content (AvgIpc) is 3.92. The van der Waals surface area contributed by atoms with E-state index in [0.29, 0.717) is 0 Å². The molecular formula is C60H34S2. The van der Waals surface area contributed by atoms with Crippen LogP contribution in [0.3, 0.4) is 0 Å². The van der Waals surface area contributed by atoms with Crippen molar-refractivity contribution >= 4 is 95.3 Å². The fourth-order valence-corrected chi connectivity index (χ4v) is 13.1. The van der Waals surface area contributed by atoms with Crippen molar-refractivity contribution in [1.82, 2.24) is 0 Å². The van der Waals surface area contributed by atoms with Crippen LogP contribution >= 0.6 is 22.7 Å². The topological polar surface area (TPSA) is 0 Å². The lowest BCUT2D eigenvalue weighted by Gasteiger charge is -2.25. The lowest BCUT2D eigenvalue weighted by atomic mass is 9.78. The molecule has 0 fully saturated rings. The Hall–Kier alpha value is -7.36. The number of hydrogen-bond acceptors (Lipinski definition) is 2. The monoisotopic (exact) mass is 818 g/mol. The van der Waals surface area contributed by atoms with Crippen molar-refractivity contribution in [3.05, 3.63) is 206 Å². The normalized spacial score (nSPS) is 12.2. The molecule has 0 aliphatic heterocycles. The van der Waals surface area contributed by atoms with Crippen LogP contribution in [0.4, 0.5) is 0 Å². The molecule has 2 heteroatoms. The fraction of sp³-hybridized carbons (Fsp3) is 0. The number of benzene rings is 11. The molecule has 0 nitrogen and oxygen atoms in total. The third-order valence-corrected chi connectivity index (χ3v) is 15.9. The van der Waals surface area contributed by atoms with Gasteiger partial charge in [-0.05, 0) is 135 Å². The molecule has 1 aliphatic carbocycles. The largest absolute Gasteiger partial charge is 0.135 e. The van der Waals surface area contributed by atoms with Crippen LogP contribution in [0, 0.1) is 0 Å². The van der Waals surface area contributed by atoms with Gasteiger partial charge < -0.3 is 0 Å². The van der Waals surface area contributed by atoms with Gasteiger partial charge in [-0.15, -0.1) is 22.7 Å². The van der Waals surface area contributed by atoms with Crippen molar-refractivity contribution in [2.45, 2.75) is 0 Å². The molecule has 286 valence electrons. The lowest BCUT2D eigenvalue weighted by molar-refractivity contribution is 1.53. The summed E-state index contributed by atoms with van der Waals surface area (Å²) in [6.07, 6.45) is 0. The number of hydrogen-bond donors (Lipinski definition) is 0. The maximum absolute atomic E-state index is 2.52. The first-order chi connectivity index (χ1) is 30.7. The minimum absolute atomic E-state index is 1.24. The van der Waals surface area contributed by atoms with E-state index in [1.165, 1.54) is 139 Å². The summed E-state index contributed by atoms with van der Waals surface area (Å²) in [7, 11) is 0.